The monoisotopic (exact) mass is 344 g/mol. The fourth-order valence-corrected chi connectivity index (χ4v) is 2.56. The van der Waals surface area contributed by atoms with E-state index in [0.29, 0.717) is 50.1 Å². The van der Waals surface area contributed by atoms with Crippen molar-refractivity contribution in [2.45, 2.75) is 6.04 Å². The zero-order valence-electron chi connectivity index (χ0n) is 14.0. The highest BCUT2D eigenvalue weighted by molar-refractivity contribution is 5.94. The predicted octanol–water partition coefficient (Wildman–Crippen LogP) is 0.539. The Kier molecular flexibility index (Phi) is 5.81. The minimum absolute atomic E-state index is 0.135. The number of nitrogens with one attached hydrogen (secondary N) is 1. The smallest absolute Gasteiger partial charge is 0.256 e. The van der Waals surface area contributed by atoms with E-state index < -0.39 is 0 Å². The second-order valence-corrected chi connectivity index (χ2v) is 5.44. The van der Waals surface area contributed by atoms with Crippen molar-refractivity contribution in [3.63, 3.8) is 0 Å². The topological polar surface area (TPSA) is 102 Å². The molecule has 0 unspecified atom stereocenters. The van der Waals surface area contributed by atoms with Crippen molar-refractivity contribution in [2.75, 3.05) is 45.3 Å². The molecular weight excluding hydrogens is 324 g/mol. The molecule has 9 nitrogen and oxygen atoms in total. The molecule has 1 saturated heterocycles. The molecule has 0 aromatic carbocycles. The number of rotatable bonds is 6. The summed E-state index contributed by atoms with van der Waals surface area (Å²) in [6.07, 6.45) is 4.63. The van der Waals surface area contributed by atoms with Crippen LogP contribution in [0.4, 0.5) is 5.82 Å². The SMILES string of the molecule is COCCNc1ccnc([C@H]2COCCN2C(=O)c2ccnnc2)n1. The maximum Gasteiger partial charge on any atom is 0.256 e. The Morgan fingerprint density at radius 1 is 1.40 bits per heavy atom. The Bertz CT molecular complexity index is 699. The summed E-state index contributed by atoms with van der Waals surface area (Å²) < 4.78 is 10.6. The van der Waals surface area contributed by atoms with Crippen LogP contribution in [-0.4, -0.2) is 71.0 Å². The molecule has 3 rings (SSSR count). The number of aromatic nitrogens is 4. The van der Waals surface area contributed by atoms with Crippen LogP contribution in [0.2, 0.25) is 0 Å². The third-order valence-corrected chi connectivity index (χ3v) is 3.81. The molecule has 3 heterocycles. The van der Waals surface area contributed by atoms with E-state index in [1.54, 1.807) is 30.3 Å². The highest BCUT2D eigenvalue weighted by atomic mass is 16.5. The van der Waals surface area contributed by atoms with Gasteiger partial charge < -0.3 is 19.7 Å². The van der Waals surface area contributed by atoms with E-state index in [1.165, 1.54) is 12.4 Å². The fourth-order valence-electron chi connectivity index (χ4n) is 2.56. The van der Waals surface area contributed by atoms with Gasteiger partial charge in [0, 0.05) is 26.4 Å². The lowest BCUT2D eigenvalue weighted by Crippen LogP contribution is -2.44. The molecule has 9 heteroatoms. The van der Waals surface area contributed by atoms with Gasteiger partial charge in [-0.05, 0) is 12.1 Å². The summed E-state index contributed by atoms with van der Waals surface area (Å²) in [6.45, 7) is 2.51. The third-order valence-electron chi connectivity index (χ3n) is 3.81. The zero-order chi connectivity index (χ0) is 17.5. The second kappa shape index (κ2) is 8.45. The first-order valence-corrected chi connectivity index (χ1v) is 8.01. The summed E-state index contributed by atoms with van der Waals surface area (Å²) in [4.78, 5) is 23.4. The van der Waals surface area contributed by atoms with E-state index >= 15 is 0 Å². The highest BCUT2D eigenvalue weighted by Gasteiger charge is 2.31. The number of hydrogen-bond donors (Lipinski definition) is 1. The molecule has 0 aliphatic carbocycles. The van der Waals surface area contributed by atoms with Crippen LogP contribution in [0.25, 0.3) is 0 Å². The largest absolute Gasteiger partial charge is 0.383 e. The number of amides is 1. The Hall–Kier alpha value is -2.65. The predicted molar refractivity (Wildman–Crippen MR) is 89.0 cm³/mol. The Balaban J connectivity index is 1.79. The van der Waals surface area contributed by atoms with Crippen molar-refractivity contribution in [3.8, 4) is 0 Å². The summed E-state index contributed by atoms with van der Waals surface area (Å²) in [7, 11) is 1.64. The van der Waals surface area contributed by atoms with Crippen LogP contribution < -0.4 is 5.32 Å². The molecule has 0 spiro atoms. The minimum Gasteiger partial charge on any atom is -0.383 e. The van der Waals surface area contributed by atoms with Gasteiger partial charge >= 0.3 is 0 Å². The molecule has 0 saturated carbocycles. The van der Waals surface area contributed by atoms with Crippen molar-refractivity contribution in [1.82, 2.24) is 25.1 Å². The van der Waals surface area contributed by atoms with E-state index in [1.807, 2.05) is 0 Å². The molecule has 1 atom stereocenters. The maximum atomic E-state index is 12.8. The summed E-state index contributed by atoms with van der Waals surface area (Å²) in [5.74, 6) is 1.09. The van der Waals surface area contributed by atoms with Crippen molar-refractivity contribution < 1.29 is 14.3 Å². The van der Waals surface area contributed by atoms with E-state index in [4.69, 9.17) is 9.47 Å². The quantitative estimate of drug-likeness (QED) is 0.758. The summed E-state index contributed by atoms with van der Waals surface area (Å²) >= 11 is 0. The van der Waals surface area contributed by atoms with Crippen molar-refractivity contribution in [2.24, 2.45) is 0 Å². The number of methoxy groups -OCH3 is 1. The average molecular weight is 344 g/mol. The first-order chi connectivity index (χ1) is 12.3. The average Bonchev–Trinajstić information content (AvgIpc) is 2.68. The molecule has 1 N–H and O–H groups in total. The van der Waals surface area contributed by atoms with Gasteiger partial charge in [-0.3, -0.25) is 4.79 Å². The standard InChI is InChI=1S/C16H20N6O3/c1-24-8-6-17-14-3-4-18-15(21-14)13-11-25-9-7-22(13)16(23)12-2-5-19-20-10-12/h2-5,10,13H,6-9,11H2,1H3,(H,17,18,21)/t13-/m1/s1. The van der Waals surface area contributed by atoms with E-state index in [2.05, 4.69) is 25.5 Å². The lowest BCUT2D eigenvalue weighted by atomic mass is 10.1. The van der Waals surface area contributed by atoms with Crippen LogP contribution >= 0.6 is 0 Å². The van der Waals surface area contributed by atoms with Crippen LogP contribution in [0.5, 0.6) is 0 Å². The molecule has 2 aromatic rings. The Morgan fingerprint density at radius 3 is 3.12 bits per heavy atom. The molecule has 25 heavy (non-hydrogen) atoms. The number of hydrogen-bond acceptors (Lipinski definition) is 8. The Labute approximate surface area is 145 Å². The lowest BCUT2D eigenvalue weighted by molar-refractivity contribution is -0.00522. The highest BCUT2D eigenvalue weighted by Crippen LogP contribution is 2.24. The number of morpholine rings is 1. The zero-order valence-corrected chi connectivity index (χ0v) is 14.0. The number of carbonyl (C=O) groups is 1. The number of carbonyl (C=O) groups excluding carboxylic acids is 1. The molecule has 1 aliphatic heterocycles. The molecule has 1 aliphatic rings. The van der Waals surface area contributed by atoms with Crippen molar-refractivity contribution in [1.29, 1.82) is 0 Å². The van der Waals surface area contributed by atoms with Gasteiger partial charge in [-0.15, -0.1) is 0 Å². The molecule has 0 bridgehead atoms. The molecule has 2 aromatic heterocycles. The maximum absolute atomic E-state index is 12.8. The molecule has 0 radical (unpaired) electrons. The van der Waals surface area contributed by atoms with Gasteiger partial charge in [-0.1, -0.05) is 0 Å². The fraction of sp³-hybridized carbons (Fsp3) is 0.438. The first-order valence-electron chi connectivity index (χ1n) is 8.01. The van der Waals surface area contributed by atoms with Gasteiger partial charge in [0.05, 0.1) is 37.8 Å². The van der Waals surface area contributed by atoms with Gasteiger partial charge in [-0.2, -0.15) is 10.2 Å². The van der Waals surface area contributed by atoms with Gasteiger partial charge in [0.15, 0.2) is 5.82 Å². The summed E-state index contributed by atoms with van der Waals surface area (Å²) in [5.41, 5.74) is 0.483. The lowest BCUT2D eigenvalue weighted by Gasteiger charge is -2.34. The number of nitrogens with zero attached hydrogens (tertiary/aromatic N) is 5. The molecular formula is C16H20N6O3. The second-order valence-electron chi connectivity index (χ2n) is 5.44. The van der Waals surface area contributed by atoms with Crippen LogP contribution in [0.15, 0.2) is 30.7 Å². The van der Waals surface area contributed by atoms with Crippen LogP contribution in [0.1, 0.15) is 22.2 Å². The van der Waals surface area contributed by atoms with Crippen molar-refractivity contribution >= 4 is 11.7 Å². The third kappa shape index (κ3) is 4.25. The van der Waals surface area contributed by atoms with Crippen molar-refractivity contribution in [3.05, 3.63) is 42.1 Å². The molecule has 1 amide bonds. The number of anilines is 1. The van der Waals surface area contributed by atoms with Gasteiger partial charge in [0.1, 0.15) is 11.9 Å². The van der Waals surface area contributed by atoms with Gasteiger partial charge in [0.25, 0.3) is 5.91 Å². The normalized spacial score (nSPS) is 17.3. The first kappa shape index (κ1) is 17.2. The van der Waals surface area contributed by atoms with E-state index in [-0.39, 0.29) is 11.9 Å². The van der Waals surface area contributed by atoms with Crippen LogP contribution in [0.3, 0.4) is 0 Å². The van der Waals surface area contributed by atoms with E-state index in [0.717, 1.165) is 0 Å². The summed E-state index contributed by atoms with van der Waals surface area (Å²) in [5, 5.41) is 10.6. The Morgan fingerprint density at radius 2 is 2.32 bits per heavy atom. The summed E-state index contributed by atoms with van der Waals surface area (Å²) in [6, 6.07) is 3.08. The molecule has 1 fully saturated rings. The van der Waals surface area contributed by atoms with Gasteiger partial charge in [-0.25, -0.2) is 9.97 Å². The van der Waals surface area contributed by atoms with Crippen LogP contribution in [-0.2, 0) is 9.47 Å². The number of ether oxygens (including phenoxy) is 2. The minimum atomic E-state index is -0.349. The van der Waals surface area contributed by atoms with Gasteiger partial charge in [0.2, 0.25) is 0 Å². The molecule has 132 valence electrons. The van der Waals surface area contributed by atoms with E-state index in [9.17, 15) is 4.79 Å². The van der Waals surface area contributed by atoms with Crippen LogP contribution in [0, 0.1) is 0 Å².